The molecule has 0 radical (unpaired) electrons. The van der Waals surface area contributed by atoms with Crippen LogP contribution in [0.5, 0.6) is 0 Å². The van der Waals surface area contributed by atoms with Gasteiger partial charge in [0, 0.05) is 65.1 Å². The number of H-pyrrole nitrogens is 1. The number of nitrogens with zero attached hydrogens (tertiary/aromatic N) is 1. The van der Waals surface area contributed by atoms with Crippen LogP contribution in [0.25, 0.3) is 10.9 Å². The number of anilines is 1. The summed E-state index contributed by atoms with van der Waals surface area (Å²) in [6.45, 7) is 1.44. The van der Waals surface area contributed by atoms with Crippen LogP contribution >= 0.6 is 11.8 Å². The van der Waals surface area contributed by atoms with E-state index in [0.29, 0.717) is 16.8 Å². The van der Waals surface area contributed by atoms with Crippen molar-refractivity contribution in [3.8, 4) is 0 Å². The largest absolute Gasteiger partial charge is 0.480 e. The number of aliphatic carboxylic acids is 2. The van der Waals surface area contributed by atoms with E-state index in [4.69, 9.17) is 5.11 Å². The van der Waals surface area contributed by atoms with E-state index in [-0.39, 0.29) is 0 Å². The second-order valence-electron chi connectivity index (χ2n) is 6.05. The van der Waals surface area contributed by atoms with Gasteiger partial charge in [0.1, 0.15) is 6.04 Å². The van der Waals surface area contributed by atoms with Crippen molar-refractivity contribution in [3.05, 3.63) is 42.1 Å². The van der Waals surface area contributed by atoms with Crippen molar-refractivity contribution in [1.82, 2.24) is 9.88 Å². The summed E-state index contributed by atoms with van der Waals surface area (Å²) < 4.78 is 0. The van der Waals surface area contributed by atoms with Crippen LogP contribution in [0.4, 0.5) is 5.69 Å². The third-order valence-corrected chi connectivity index (χ3v) is 5.24. The predicted octanol–water partition coefficient (Wildman–Crippen LogP) is 1.92. The number of carbonyl (C=O) groups is 3. The van der Waals surface area contributed by atoms with Crippen LogP contribution in [0.15, 0.2) is 36.5 Å². The number of hydrogen-bond donors (Lipinski definition) is 4. The lowest BCUT2D eigenvalue weighted by molar-refractivity contribution is -0.143. The van der Waals surface area contributed by atoms with Crippen molar-refractivity contribution in [2.45, 2.75) is 6.04 Å². The van der Waals surface area contributed by atoms with Gasteiger partial charge in [-0.3, -0.25) is 14.5 Å². The number of rotatable bonds is 6. The summed E-state index contributed by atoms with van der Waals surface area (Å²) in [4.78, 5) is 39.1. The molecule has 1 saturated heterocycles. The number of nitrogens with one attached hydrogen (secondary N) is 2. The highest BCUT2D eigenvalue weighted by Crippen LogP contribution is 2.31. The standard InChI is InChI=1S/C18H19N3O5S/c22-15(3-4-16(23)24)20-11-1-2-12-13(10-19-14(12)9-11)17(18(25)26)21-5-7-27-8-6-21/h1-4,9-10,17,19H,5-8H2,(H,20,22)(H,23,24)(H,25,26)/b4-3+. The molecule has 1 aliphatic rings. The van der Waals surface area contributed by atoms with Gasteiger partial charge < -0.3 is 20.5 Å². The van der Waals surface area contributed by atoms with Gasteiger partial charge in [-0.05, 0) is 12.1 Å². The number of fused-ring (bicyclic) bond motifs is 1. The molecule has 1 atom stereocenters. The summed E-state index contributed by atoms with van der Waals surface area (Å²) in [5.74, 6) is -0.833. The molecule has 2 heterocycles. The molecular formula is C18H19N3O5S. The van der Waals surface area contributed by atoms with Crippen molar-refractivity contribution in [1.29, 1.82) is 0 Å². The maximum Gasteiger partial charge on any atom is 0.328 e. The van der Waals surface area contributed by atoms with E-state index < -0.39 is 23.9 Å². The van der Waals surface area contributed by atoms with Gasteiger partial charge in [-0.2, -0.15) is 11.8 Å². The summed E-state index contributed by atoms with van der Waals surface area (Å²) in [6, 6.07) is 4.39. The van der Waals surface area contributed by atoms with E-state index >= 15 is 0 Å². The van der Waals surface area contributed by atoms with Crippen LogP contribution < -0.4 is 5.32 Å². The van der Waals surface area contributed by atoms with Gasteiger partial charge in [0.05, 0.1) is 0 Å². The molecule has 9 heteroatoms. The van der Waals surface area contributed by atoms with E-state index in [1.165, 1.54) is 0 Å². The molecule has 1 aromatic carbocycles. The van der Waals surface area contributed by atoms with E-state index in [1.54, 1.807) is 24.4 Å². The summed E-state index contributed by atoms with van der Waals surface area (Å²) in [6.07, 6.45) is 3.39. The molecule has 2 aromatic rings. The minimum atomic E-state index is -1.20. The lowest BCUT2D eigenvalue weighted by Crippen LogP contribution is -2.39. The number of hydrogen-bond acceptors (Lipinski definition) is 5. The van der Waals surface area contributed by atoms with Crippen molar-refractivity contribution < 1.29 is 24.6 Å². The monoisotopic (exact) mass is 389 g/mol. The first-order chi connectivity index (χ1) is 13.0. The first kappa shape index (κ1) is 19.0. The average Bonchev–Trinajstić information content (AvgIpc) is 3.04. The highest BCUT2D eigenvalue weighted by Gasteiger charge is 2.30. The van der Waals surface area contributed by atoms with Crippen molar-refractivity contribution in [2.24, 2.45) is 0 Å². The minimum Gasteiger partial charge on any atom is -0.480 e. The highest BCUT2D eigenvalue weighted by molar-refractivity contribution is 7.99. The van der Waals surface area contributed by atoms with Gasteiger partial charge in [-0.25, -0.2) is 4.79 Å². The fourth-order valence-electron chi connectivity index (χ4n) is 3.11. The van der Waals surface area contributed by atoms with Gasteiger partial charge in [0.2, 0.25) is 5.91 Å². The van der Waals surface area contributed by atoms with E-state index in [9.17, 15) is 19.5 Å². The Hall–Kier alpha value is -2.78. The van der Waals surface area contributed by atoms with Crippen molar-refractivity contribution in [2.75, 3.05) is 29.9 Å². The number of aromatic amines is 1. The minimum absolute atomic E-state index is 0.484. The van der Waals surface area contributed by atoms with Gasteiger partial charge in [-0.15, -0.1) is 0 Å². The van der Waals surface area contributed by atoms with Crippen LogP contribution in [-0.2, 0) is 14.4 Å². The quantitative estimate of drug-likeness (QED) is 0.557. The number of benzene rings is 1. The van der Waals surface area contributed by atoms with Gasteiger partial charge in [0.15, 0.2) is 0 Å². The lowest BCUT2D eigenvalue weighted by Gasteiger charge is -2.31. The van der Waals surface area contributed by atoms with Crippen LogP contribution in [0.2, 0.25) is 0 Å². The molecule has 0 spiro atoms. The fraction of sp³-hybridized carbons (Fsp3) is 0.278. The van der Waals surface area contributed by atoms with Crippen molar-refractivity contribution in [3.63, 3.8) is 0 Å². The zero-order valence-electron chi connectivity index (χ0n) is 14.3. The Bertz CT molecular complexity index is 902. The average molecular weight is 389 g/mol. The number of carbonyl (C=O) groups excluding carboxylic acids is 1. The normalized spacial score (nSPS) is 16.4. The van der Waals surface area contributed by atoms with Gasteiger partial charge >= 0.3 is 11.9 Å². The Kier molecular flexibility index (Phi) is 5.82. The molecule has 0 saturated carbocycles. The van der Waals surface area contributed by atoms with Crippen LogP contribution in [-0.4, -0.2) is 62.5 Å². The summed E-state index contributed by atoms with van der Waals surface area (Å²) in [5.41, 5.74) is 1.87. The molecule has 1 aliphatic heterocycles. The predicted molar refractivity (Wildman–Crippen MR) is 103 cm³/mol. The first-order valence-electron chi connectivity index (χ1n) is 8.33. The van der Waals surface area contributed by atoms with Gasteiger partial charge in [-0.1, -0.05) is 6.07 Å². The SMILES string of the molecule is O=C(O)/C=C/C(=O)Nc1ccc2c(C(C(=O)O)N3CCSCC3)c[nH]c2c1. The topological polar surface area (TPSA) is 123 Å². The Labute approximate surface area is 159 Å². The third-order valence-electron chi connectivity index (χ3n) is 4.30. The fourth-order valence-corrected chi connectivity index (χ4v) is 4.04. The van der Waals surface area contributed by atoms with E-state index in [1.807, 2.05) is 16.7 Å². The van der Waals surface area contributed by atoms with Crippen LogP contribution in [0.1, 0.15) is 11.6 Å². The molecule has 0 bridgehead atoms. The van der Waals surface area contributed by atoms with Crippen LogP contribution in [0, 0.1) is 0 Å². The molecule has 1 unspecified atom stereocenters. The molecule has 8 nitrogen and oxygen atoms in total. The Morgan fingerprint density at radius 3 is 2.59 bits per heavy atom. The van der Waals surface area contributed by atoms with E-state index in [2.05, 4.69) is 10.3 Å². The summed E-state index contributed by atoms with van der Waals surface area (Å²) in [5, 5.41) is 21.7. The second-order valence-corrected chi connectivity index (χ2v) is 7.28. The molecule has 142 valence electrons. The number of thioether (sulfide) groups is 1. The molecular weight excluding hydrogens is 370 g/mol. The molecule has 27 heavy (non-hydrogen) atoms. The lowest BCUT2D eigenvalue weighted by atomic mass is 10.0. The van der Waals surface area contributed by atoms with Gasteiger partial charge in [0.25, 0.3) is 0 Å². The Morgan fingerprint density at radius 2 is 1.93 bits per heavy atom. The first-order valence-corrected chi connectivity index (χ1v) is 9.49. The van der Waals surface area contributed by atoms with Crippen molar-refractivity contribution >= 4 is 46.2 Å². The van der Waals surface area contributed by atoms with Crippen LogP contribution in [0.3, 0.4) is 0 Å². The second kappa shape index (κ2) is 8.28. The zero-order chi connectivity index (χ0) is 19.4. The third kappa shape index (κ3) is 4.50. The number of aromatic nitrogens is 1. The van der Waals surface area contributed by atoms with E-state index in [0.717, 1.165) is 42.1 Å². The molecule has 1 fully saturated rings. The molecule has 1 aromatic heterocycles. The maximum absolute atomic E-state index is 11.9. The number of carboxylic acid groups (broad SMARTS) is 2. The summed E-state index contributed by atoms with van der Waals surface area (Å²) >= 11 is 1.82. The Morgan fingerprint density at radius 1 is 1.19 bits per heavy atom. The Balaban J connectivity index is 1.85. The smallest absolute Gasteiger partial charge is 0.328 e. The summed E-state index contributed by atoms with van der Waals surface area (Å²) in [7, 11) is 0. The molecule has 4 N–H and O–H groups in total. The number of carboxylic acids is 2. The molecule has 1 amide bonds. The highest BCUT2D eigenvalue weighted by atomic mass is 32.2. The number of amides is 1. The maximum atomic E-state index is 11.9. The molecule has 0 aliphatic carbocycles. The zero-order valence-corrected chi connectivity index (χ0v) is 15.2. The molecule has 3 rings (SSSR count).